The Labute approximate surface area is 114 Å². The standard InChI is InChI=1S/C14H24N2O3/c1-9(2)16(8-13(17)18)14(19)12-7-10-5-3-4-6-11(10)15-12/h9-12,15H,3-8H2,1-2H3,(H,17,18). The molecule has 19 heavy (non-hydrogen) atoms. The molecule has 0 aromatic heterocycles. The van der Waals surface area contributed by atoms with E-state index < -0.39 is 5.97 Å². The maximum absolute atomic E-state index is 12.5. The molecule has 1 amide bonds. The molecule has 108 valence electrons. The van der Waals surface area contributed by atoms with Crippen molar-refractivity contribution in [2.24, 2.45) is 5.92 Å². The van der Waals surface area contributed by atoms with Crippen molar-refractivity contribution in [1.29, 1.82) is 0 Å². The highest BCUT2D eigenvalue weighted by molar-refractivity contribution is 5.86. The molecule has 1 saturated carbocycles. The van der Waals surface area contributed by atoms with Gasteiger partial charge in [0.05, 0.1) is 6.04 Å². The van der Waals surface area contributed by atoms with Crippen molar-refractivity contribution < 1.29 is 14.7 Å². The molecule has 1 heterocycles. The highest BCUT2D eigenvalue weighted by atomic mass is 16.4. The van der Waals surface area contributed by atoms with Crippen LogP contribution in [0.4, 0.5) is 0 Å². The second-order valence-electron chi connectivity index (χ2n) is 6.06. The largest absolute Gasteiger partial charge is 0.480 e. The lowest BCUT2D eigenvalue weighted by Crippen LogP contribution is -2.49. The number of rotatable bonds is 4. The van der Waals surface area contributed by atoms with Crippen molar-refractivity contribution in [2.75, 3.05) is 6.54 Å². The number of carboxylic acid groups (broad SMARTS) is 1. The number of nitrogens with zero attached hydrogens (tertiary/aromatic N) is 1. The Morgan fingerprint density at radius 3 is 2.58 bits per heavy atom. The van der Waals surface area contributed by atoms with Gasteiger partial charge in [0.2, 0.25) is 5.91 Å². The summed E-state index contributed by atoms with van der Waals surface area (Å²) >= 11 is 0. The molecule has 0 radical (unpaired) electrons. The van der Waals surface area contributed by atoms with Crippen molar-refractivity contribution in [1.82, 2.24) is 10.2 Å². The minimum atomic E-state index is -0.947. The first-order valence-electron chi connectivity index (χ1n) is 7.27. The first-order valence-corrected chi connectivity index (χ1v) is 7.27. The molecule has 2 N–H and O–H groups in total. The fourth-order valence-electron chi connectivity index (χ4n) is 3.37. The minimum Gasteiger partial charge on any atom is -0.480 e. The summed E-state index contributed by atoms with van der Waals surface area (Å²) < 4.78 is 0. The van der Waals surface area contributed by atoms with Gasteiger partial charge < -0.3 is 15.3 Å². The highest BCUT2D eigenvalue weighted by Gasteiger charge is 2.40. The molecule has 0 aromatic rings. The maximum Gasteiger partial charge on any atom is 0.323 e. The zero-order chi connectivity index (χ0) is 14.0. The molecule has 0 bridgehead atoms. The fraction of sp³-hybridized carbons (Fsp3) is 0.857. The Morgan fingerprint density at radius 2 is 2.00 bits per heavy atom. The first kappa shape index (κ1) is 14.3. The van der Waals surface area contributed by atoms with E-state index in [0.29, 0.717) is 12.0 Å². The molecule has 5 nitrogen and oxygen atoms in total. The normalized spacial score (nSPS) is 30.2. The first-order chi connectivity index (χ1) is 8.99. The van der Waals surface area contributed by atoms with Gasteiger partial charge in [0, 0.05) is 12.1 Å². The summed E-state index contributed by atoms with van der Waals surface area (Å²) in [5.41, 5.74) is 0. The third-order valence-corrected chi connectivity index (χ3v) is 4.37. The lowest BCUT2D eigenvalue weighted by atomic mass is 9.85. The lowest BCUT2D eigenvalue weighted by Gasteiger charge is -2.28. The molecule has 2 aliphatic rings. The van der Waals surface area contributed by atoms with Crippen LogP contribution in [0.3, 0.4) is 0 Å². The van der Waals surface area contributed by atoms with Crippen LogP contribution in [-0.4, -0.2) is 46.6 Å². The average Bonchev–Trinajstić information content (AvgIpc) is 2.78. The Bertz CT molecular complexity index is 343. The third kappa shape index (κ3) is 3.26. The smallest absolute Gasteiger partial charge is 0.323 e. The van der Waals surface area contributed by atoms with Gasteiger partial charge >= 0.3 is 5.97 Å². The third-order valence-electron chi connectivity index (χ3n) is 4.37. The van der Waals surface area contributed by atoms with Gasteiger partial charge in [-0.1, -0.05) is 12.8 Å². The summed E-state index contributed by atoms with van der Waals surface area (Å²) in [4.78, 5) is 24.8. The van der Waals surface area contributed by atoms with Crippen molar-refractivity contribution in [3.05, 3.63) is 0 Å². The van der Waals surface area contributed by atoms with Gasteiger partial charge in [-0.2, -0.15) is 0 Å². The van der Waals surface area contributed by atoms with Crippen molar-refractivity contribution in [3.63, 3.8) is 0 Å². The van der Waals surface area contributed by atoms with Crippen LogP contribution < -0.4 is 5.32 Å². The van der Waals surface area contributed by atoms with Gasteiger partial charge in [0.15, 0.2) is 0 Å². The Morgan fingerprint density at radius 1 is 1.32 bits per heavy atom. The quantitative estimate of drug-likeness (QED) is 0.804. The van der Waals surface area contributed by atoms with Gasteiger partial charge in [-0.3, -0.25) is 9.59 Å². The van der Waals surface area contributed by atoms with Crippen LogP contribution in [-0.2, 0) is 9.59 Å². The van der Waals surface area contributed by atoms with Gasteiger partial charge in [0.1, 0.15) is 6.54 Å². The molecule has 0 spiro atoms. The van der Waals surface area contributed by atoms with E-state index in [1.54, 1.807) is 0 Å². The topological polar surface area (TPSA) is 69.6 Å². The molecular weight excluding hydrogens is 244 g/mol. The van der Waals surface area contributed by atoms with E-state index in [4.69, 9.17) is 5.11 Å². The summed E-state index contributed by atoms with van der Waals surface area (Å²) in [5.74, 6) is -0.397. The van der Waals surface area contributed by atoms with Crippen LogP contribution in [0.5, 0.6) is 0 Å². The predicted octanol–water partition coefficient (Wildman–Crippen LogP) is 1.23. The number of amides is 1. The molecule has 1 aliphatic heterocycles. The van der Waals surface area contributed by atoms with Crippen LogP contribution in [0.25, 0.3) is 0 Å². The number of aliphatic carboxylic acids is 1. The maximum atomic E-state index is 12.5. The molecule has 5 heteroatoms. The van der Waals surface area contributed by atoms with E-state index in [2.05, 4.69) is 5.32 Å². The second-order valence-corrected chi connectivity index (χ2v) is 6.06. The Hall–Kier alpha value is -1.10. The van der Waals surface area contributed by atoms with Crippen molar-refractivity contribution in [3.8, 4) is 0 Å². The summed E-state index contributed by atoms with van der Waals surface area (Å²) in [5, 5.41) is 12.3. The molecule has 3 atom stereocenters. The molecular formula is C14H24N2O3. The summed E-state index contributed by atoms with van der Waals surface area (Å²) in [6.07, 6.45) is 5.70. The van der Waals surface area contributed by atoms with Crippen LogP contribution in [0, 0.1) is 5.92 Å². The van der Waals surface area contributed by atoms with E-state index >= 15 is 0 Å². The van der Waals surface area contributed by atoms with E-state index in [9.17, 15) is 9.59 Å². The second kappa shape index (κ2) is 5.90. The summed E-state index contributed by atoms with van der Waals surface area (Å²) in [6.45, 7) is 3.52. The van der Waals surface area contributed by atoms with Gasteiger partial charge in [0.25, 0.3) is 0 Å². The highest BCUT2D eigenvalue weighted by Crippen LogP contribution is 2.33. The van der Waals surface area contributed by atoms with E-state index in [1.165, 1.54) is 24.2 Å². The van der Waals surface area contributed by atoms with Crippen molar-refractivity contribution in [2.45, 2.75) is 64.1 Å². The zero-order valence-corrected chi connectivity index (χ0v) is 11.8. The fourth-order valence-corrected chi connectivity index (χ4v) is 3.37. The van der Waals surface area contributed by atoms with Gasteiger partial charge in [-0.05, 0) is 39.0 Å². The van der Waals surface area contributed by atoms with Gasteiger partial charge in [-0.25, -0.2) is 0 Å². The minimum absolute atomic E-state index is 0.0493. The monoisotopic (exact) mass is 268 g/mol. The number of carbonyl (C=O) groups excluding carboxylic acids is 1. The number of hydrogen-bond donors (Lipinski definition) is 2. The molecule has 1 aliphatic carbocycles. The number of hydrogen-bond acceptors (Lipinski definition) is 3. The number of carboxylic acids is 1. The van der Waals surface area contributed by atoms with Crippen LogP contribution >= 0.6 is 0 Å². The van der Waals surface area contributed by atoms with Crippen molar-refractivity contribution >= 4 is 11.9 Å². The number of nitrogens with one attached hydrogen (secondary N) is 1. The summed E-state index contributed by atoms with van der Waals surface area (Å²) in [7, 11) is 0. The van der Waals surface area contributed by atoms with E-state index in [0.717, 1.165) is 12.8 Å². The Kier molecular flexibility index (Phi) is 4.45. The molecule has 0 aromatic carbocycles. The van der Waals surface area contributed by atoms with Crippen LogP contribution in [0.2, 0.25) is 0 Å². The SMILES string of the molecule is CC(C)N(CC(=O)O)C(=O)C1CC2CCCCC2N1. The van der Waals surface area contributed by atoms with Crippen LogP contribution in [0.15, 0.2) is 0 Å². The Balaban J connectivity index is 2.00. The molecule has 1 saturated heterocycles. The van der Waals surface area contributed by atoms with E-state index in [1.807, 2.05) is 13.8 Å². The molecule has 2 fully saturated rings. The zero-order valence-electron chi connectivity index (χ0n) is 11.8. The number of carbonyl (C=O) groups is 2. The predicted molar refractivity (Wildman–Crippen MR) is 71.8 cm³/mol. The molecule has 2 rings (SSSR count). The summed E-state index contributed by atoms with van der Waals surface area (Å²) in [6, 6.07) is 0.199. The molecule has 3 unspecified atom stereocenters. The van der Waals surface area contributed by atoms with E-state index in [-0.39, 0.29) is 24.5 Å². The average molecular weight is 268 g/mol. The number of fused-ring (bicyclic) bond motifs is 1. The van der Waals surface area contributed by atoms with Crippen LogP contribution in [0.1, 0.15) is 46.0 Å². The van der Waals surface area contributed by atoms with Gasteiger partial charge in [-0.15, -0.1) is 0 Å². The lowest BCUT2D eigenvalue weighted by molar-refractivity contribution is -0.146.